The summed E-state index contributed by atoms with van der Waals surface area (Å²) in [5.74, 6) is 0. The molecule has 0 atom stereocenters. The van der Waals surface area contributed by atoms with Crippen LogP contribution < -0.4 is 4.74 Å². The van der Waals surface area contributed by atoms with Crippen molar-refractivity contribution in [1.82, 2.24) is 19.9 Å². The van der Waals surface area contributed by atoms with Crippen LogP contribution in [0.15, 0.2) is 34.6 Å². The quantitative estimate of drug-likeness (QED) is 0.849. The van der Waals surface area contributed by atoms with Crippen LogP contribution in [0.3, 0.4) is 0 Å². The number of pyridine rings is 1. The molecule has 88 valence electrons. The maximum atomic E-state index is 5.78. The van der Waals surface area contributed by atoms with Gasteiger partial charge in [0, 0.05) is 6.20 Å². The van der Waals surface area contributed by atoms with Crippen LogP contribution in [-0.2, 0) is 0 Å². The molecule has 5 nitrogen and oxygen atoms in total. The van der Waals surface area contributed by atoms with Gasteiger partial charge in [0.25, 0.3) is 0 Å². The molecule has 17 heavy (non-hydrogen) atoms. The number of hydrogen-bond acceptors (Lipinski definition) is 6. The topological polar surface area (TPSA) is 60.8 Å². The normalized spacial score (nSPS) is 10.2. The van der Waals surface area contributed by atoms with Gasteiger partial charge in [-0.2, -0.15) is 15.0 Å². The Kier molecular flexibility index (Phi) is 4.11. The number of rotatable bonds is 4. The molecule has 0 saturated carbocycles. The number of halogens is 1. The summed E-state index contributed by atoms with van der Waals surface area (Å²) in [5, 5.41) is 1.37. The van der Waals surface area contributed by atoms with Gasteiger partial charge in [0.15, 0.2) is 0 Å². The van der Waals surface area contributed by atoms with Crippen molar-refractivity contribution in [2.45, 2.75) is 17.1 Å². The number of aromatic nitrogens is 4. The molecule has 0 aliphatic heterocycles. The van der Waals surface area contributed by atoms with E-state index in [1.54, 1.807) is 6.20 Å². The summed E-state index contributed by atoms with van der Waals surface area (Å²) in [6, 6.07) is 5.83. The van der Waals surface area contributed by atoms with E-state index >= 15 is 0 Å². The van der Waals surface area contributed by atoms with Gasteiger partial charge in [0.2, 0.25) is 10.4 Å². The molecule has 0 amide bonds. The van der Waals surface area contributed by atoms with Crippen LogP contribution in [0, 0.1) is 0 Å². The molecule has 0 N–H and O–H groups in total. The maximum absolute atomic E-state index is 5.78. The minimum absolute atomic E-state index is 0.113. The zero-order chi connectivity index (χ0) is 12.1. The summed E-state index contributed by atoms with van der Waals surface area (Å²) < 4.78 is 5.18. The van der Waals surface area contributed by atoms with Crippen LogP contribution in [0.2, 0.25) is 5.28 Å². The second-order valence-electron chi connectivity index (χ2n) is 2.87. The zero-order valence-electron chi connectivity index (χ0n) is 9.00. The molecule has 0 aliphatic rings. The lowest BCUT2D eigenvalue weighted by molar-refractivity contribution is 0.307. The van der Waals surface area contributed by atoms with E-state index in [1.165, 1.54) is 11.8 Å². The van der Waals surface area contributed by atoms with Crippen LogP contribution in [0.1, 0.15) is 6.92 Å². The monoisotopic (exact) mass is 268 g/mol. The molecule has 0 radical (unpaired) electrons. The molecule has 0 fully saturated rings. The summed E-state index contributed by atoms with van der Waals surface area (Å²) in [6.07, 6.45) is 1.70. The molecule has 0 aliphatic carbocycles. The zero-order valence-corrected chi connectivity index (χ0v) is 10.6. The predicted octanol–water partition coefficient (Wildman–Crippen LogP) is 2.47. The van der Waals surface area contributed by atoms with Crippen molar-refractivity contribution < 1.29 is 4.74 Å². The second kappa shape index (κ2) is 5.79. The largest absolute Gasteiger partial charge is 0.464 e. The highest BCUT2D eigenvalue weighted by Gasteiger charge is 2.07. The van der Waals surface area contributed by atoms with E-state index in [0.29, 0.717) is 11.8 Å². The van der Waals surface area contributed by atoms with Crippen molar-refractivity contribution in [2.75, 3.05) is 6.61 Å². The van der Waals surface area contributed by atoms with E-state index in [1.807, 2.05) is 25.1 Å². The van der Waals surface area contributed by atoms with Crippen LogP contribution in [0.5, 0.6) is 6.01 Å². The lowest BCUT2D eigenvalue weighted by atomic mass is 10.5. The summed E-state index contributed by atoms with van der Waals surface area (Å²) in [5.41, 5.74) is 0. The third-order valence-electron chi connectivity index (χ3n) is 1.67. The standard InChI is InChI=1S/C10H9ClN4OS/c1-2-16-9-13-8(11)14-10(15-9)17-7-5-3-4-6-12-7/h3-6H,2H2,1H3. The van der Waals surface area contributed by atoms with Crippen molar-refractivity contribution in [1.29, 1.82) is 0 Å². The van der Waals surface area contributed by atoms with E-state index in [-0.39, 0.29) is 11.3 Å². The Balaban J connectivity index is 2.21. The molecule has 0 unspecified atom stereocenters. The van der Waals surface area contributed by atoms with E-state index in [9.17, 15) is 0 Å². The highest BCUT2D eigenvalue weighted by atomic mass is 35.5. The van der Waals surface area contributed by atoms with E-state index in [4.69, 9.17) is 16.3 Å². The van der Waals surface area contributed by atoms with E-state index in [0.717, 1.165) is 5.03 Å². The molecule has 7 heteroatoms. The first-order valence-electron chi connectivity index (χ1n) is 4.91. The SMILES string of the molecule is CCOc1nc(Cl)nc(Sc2ccccn2)n1. The number of nitrogens with zero attached hydrogens (tertiary/aromatic N) is 4. The van der Waals surface area contributed by atoms with Crippen LogP contribution in [0.4, 0.5) is 0 Å². The molecular weight excluding hydrogens is 260 g/mol. The first-order chi connectivity index (χ1) is 8.28. The third kappa shape index (κ3) is 3.54. The molecule has 2 aromatic rings. The van der Waals surface area contributed by atoms with Gasteiger partial charge < -0.3 is 4.74 Å². The van der Waals surface area contributed by atoms with Crippen molar-refractivity contribution >= 4 is 23.4 Å². The summed E-state index contributed by atoms with van der Waals surface area (Å²) >= 11 is 7.08. The Morgan fingerprint density at radius 1 is 1.29 bits per heavy atom. The molecular formula is C10H9ClN4OS. The van der Waals surface area contributed by atoms with Gasteiger partial charge in [-0.05, 0) is 42.4 Å². The van der Waals surface area contributed by atoms with Crippen molar-refractivity contribution in [3.05, 3.63) is 29.7 Å². The van der Waals surface area contributed by atoms with Crippen molar-refractivity contribution in [2.24, 2.45) is 0 Å². The van der Waals surface area contributed by atoms with Gasteiger partial charge in [0.1, 0.15) is 5.03 Å². The Morgan fingerprint density at radius 2 is 2.18 bits per heavy atom. The minimum Gasteiger partial charge on any atom is -0.464 e. The van der Waals surface area contributed by atoms with Crippen LogP contribution >= 0.6 is 23.4 Å². The average Bonchev–Trinajstić information content (AvgIpc) is 2.30. The fourth-order valence-corrected chi connectivity index (χ4v) is 1.96. The lowest BCUT2D eigenvalue weighted by Gasteiger charge is -2.03. The summed E-state index contributed by atoms with van der Waals surface area (Å²) in [6.45, 7) is 2.33. The molecule has 0 spiro atoms. The van der Waals surface area contributed by atoms with Crippen LogP contribution in [0.25, 0.3) is 0 Å². The minimum atomic E-state index is 0.113. The smallest absolute Gasteiger partial charge is 0.321 e. The van der Waals surface area contributed by atoms with E-state index in [2.05, 4.69) is 19.9 Å². The predicted molar refractivity (Wildman–Crippen MR) is 64.4 cm³/mol. The van der Waals surface area contributed by atoms with Gasteiger partial charge >= 0.3 is 6.01 Å². The van der Waals surface area contributed by atoms with E-state index < -0.39 is 0 Å². The highest BCUT2D eigenvalue weighted by Crippen LogP contribution is 2.24. The summed E-state index contributed by atoms with van der Waals surface area (Å²) in [7, 11) is 0. The molecule has 0 aromatic carbocycles. The van der Waals surface area contributed by atoms with Gasteiger partial charge in [0.05, 0.1) is 6.61 Å². The average molecular weight is 269 g/mol. The second-order valence-corrected chi connectivity index (χ2v) is 4.20. The Labute approximate surface area is 108 Å². The van der Waals surface area contributed by atoms with Gasteiger partial charge in [-0.15, -0.1) is 0 Å². The Morgan fingerprint density at radius 3 is 2.88 bits per heavy atom. The molecule has 0 saturated heterocycles. The molecule has 2 aromatic heterocycles. The van der Waals surface area contributed by atoms with Gasteiger partial charge in [-0.25, -0.2) is 4.98 Å². The maximum Gasteiger partial charge on any atom is 0.321 e. The van der Waals surface area contributed by atoms with Crippen LogP contribution in [-0.4, -0.2) is 26.5 Å². The first-order valence-corrected chi connectivity index (χ1v) is 6.10. The fraction of sp³-hybridized carbons (Fsp3) is 0.200. The molecule has 2 rings (SSSR count). The molecule has 0 bridgehead atoms. The fourth-order valence-electron chi connectivity index (χ4n) is 1.05. The number of hydrogen-bond donors (Lipinski definition) is 0. The van der Waals surface area contributed by atoms with Crippen molar-refractivity contribution in [3.8, 4) is 6.01 Å². The highest BCUT2D eigenvalue weighted by molar-refractivity contribution is 7.99. The summed E-state index contributed by atoms with van der Waals surface area (Å²) in [4.78, 5) is 16.1. The first kappa shape index (κ1) is 12.1. The Bertz CT molecular complexity index is 497. The third-order valence-corrected chi connectivity index (χ3v) is 2.66. The van der Waals surface area contributed by atoms with Gasteiger partial charge in [-0.3, -0.25) is 0 Å². The van der Waals surface area contributed by atoms with Gasteiger partial charge in [-0.1, -0.05) is 6.07 Å². The number of ether oxygens (including phenoxy) is 1. The molecule has 2 heterocycles. The lowest BCUT2D eigenvalue weighted by Crippen LogP contribution is -2.00. The van der Waals surface area contributed by atoms with Crippen molar-refractivity contribution in [3.63, 3.8) is 0 Å². The Hall–Kier alpha value is -1.40.